The maximum atomic E-state index is 12.5. The summed E-state index contributed by atoms with van der Waals surface area (Å²) in [5.41, 5.74) is 3.41. The molecule has 1 atom stereocenters. The van der Waals surface area contributed by atoms with Crippen LogP contribution in [0.5, 0.6) is 0 Å². The molecule has 1 N–H and O–H groups in total. The van der Waals surface area contributed by atoms with Crippen LogP contribution >= 0.6 is 0 Å². The summed E-state index contributed by atoms with van der Waals surface area (Å²) in [5, 5.41) is 2.99. The molecule has 126 valence electrons. The van der Waals surface area contributed by atoms with Crippen LogP contribution in [0.25, 0.3) is 0 Å². The van der Waals surface area contributed by atoms with Crippen LogP contribution in [0.2, 0.25) is 0 Å². The fourth-order valence-corrected chi connectivity index (χ4v) is 2.39. The first kappa shape index (κ1) is 17.7. The normalized spacial score (nSPS) is 11.6. The number of rotatable bonds is 6. The van der Waals surface area contributed by atoms with Gasteiger partial charge in [0.15, 0.2) is 0 Å². The molecule has 0 fully saturated rings. The van der Waals surface area contributed by atoms with Crippen molar-refractivity contribution in [1.29, 1.82) is 0 Å². The summed E-state index contributed by atoms with van der Waals surface area (Å²) in [6.45, 7) is 5.87. The number of hydrogen-bond donors (Lipinski definition) is 1. The van der Waals surface area contributed by atoms with Gasteiger partial charge in [-0.15, -0.1) is 0 Å². The van der Waals surface area contributed by atoms with Gasteiger partial charge in [0.2, 0.25) is 0 Å². The average molecular weight is 325 g/mol. The molecule has 2 rings (SSSR count). The molecule has 0 saturated carbocycles. The fourth-order valence-electron chi connectivity index (χ4n) is 2.39. The molecule has 0 saturated heterocycles. The van der Waals surface area contributed by atoms with E-state index in [0.29, 0.717) is 11.5 Å². The molecule has 24 heavy (non-hydrogen) atoms. The van der Waals surface area contributed by atoms with E-state index in [1.54, 1.807) is 24.3 Å². The van der Waals surface area contributed by atoms with Gasteiger partial charge in [-0.1, -0.05) is 44.2 Å². The average Bonchev–Trinajstić information content (AvgIpc) is 2.60. The lowest BCUT2D eigenvalue weighted by Crippen LogP contribution is -2.14. The van der Waals surface area contributed by atoms with Gasteiger partial charge < -0.3 is 10.1 Å². The van der Waals surface area contributed by atoms with Crippen molar-refractivity contribution in [2.24, 2.45) is 0 Å². The van der Waals surface area contributed by atoms with Gasteiger partial charge in [0.1, 0.15) is 6.61 Å². The molecule has 0 aliphatic rings. The van der Waals surface area contributed by atoms with Gasteiger partial charge in [-0.3, -0.25) is 9.59 Å². The molecule has 0 unspecified atom stereocenters. The number of nitrogens with one attached hydrogen (secondary N) is 1. The number of ether oxygens (including phenoxy) is 1. The number of carbonyl (C=O) groups is 2. The van der Waals surface area contributed by atoms with Crippen molar-refractivity contribution in [1.82, 2.24) is 0 Å². The van der Waals surface area contributed by atoms with Crippen molar-refractivity contribution >= 4 is 17.6 Å². The number of hydrogen-bond acceptors (Lipinski definition) is 3. The molecule has 4 heteroatoms. The summed E-state index contributed by atoms with van der Waals surface area (Å²) in [7, 11) is 0. The minimum Gasteiger partial charge on any atom is -0.461 e. The Kier molecular flexibility index (Phi) is 6.13. The number of benzene rings is 2. The van der Waals surface area contributed by atoms with Crippen LogP contribution in [-0.2, 0) is 16.1 Å². The Balaban J connectivity index is 2.09. The van der Waals surface area contributed by atoms with E-state index in [1.165, 1.54) is 6.92 Å². The fraction of sp³-hybridized carbons (Fsp3) is 0.300. The first-order valence-corrected chi connectivity index (χ1v) is 8.13. The van der Waals surface area contributed by atoms with Crippen LogP contribution in [0.3, 0.4) is 0 Å². The minimum absolute atomic E-state index is 0.148. The molecule has 2 aromatic carbocycles. The van der Waals surface area contributed by atoms with Crippen LogP contribution in [0.1, 0.15) is 54.6 Å². The highest BCUT2D eigenvalue weighted by atomic mass is 16.5. The largest absolute Gasteiger partial charge is 0.461 e. The zero-order valence-electron chi connectivity index (χ0n) is 14.3. The highest BCUT2D eigenvalue weighted by Gasteiger charge is 2.12. The molecule has 0 heterocycles. The van der Waals surface area contributed by atoms with E-state index in [0.717, 1.165) is 23.2 Å². The van der Waals surface area contributed by atoms with Gasteiger partial charge >= 0.3 is 5.97 Å². The second kappa shape index (κ2) is 8.29. The van der Waals surface area contributed by atoms with E-state index >= 15 is 0 Å². The van der Waals surface area contributed by atoms with E-state index in [1.807, 2.05) is 24.3 Å². The lowest BCUT2D eigenvalue weighted by atomic mass is 9.97. The Labute approximate surface area is 142 Å². The minimum atomic E-state index is -0.321. The van der Waals surface area contributed by atoms with Crippen molar-refractivity contribution in [3.63, 3.8) is 0 Å². The van der Waals surface area contributed by atoms with Crippen molar-refractivity contribution in [3.8, 4) is 0 Å². The number of amides is 1. The highest BCUT2D eigenvalue weighted by Crippen LogP contribution is 2.26. The van der Waals surface area contributed by atoms with Crippen LogP contribution in [-0.4, -0.2) is 11.9 Å². The third-order valence-corrected chi connectivity index (χ3v) is 4.01. The molecule has 0 bridgehead atoms. The first-order valence-electron chi connectivity index (χ1n) is 8.13. The van der Waals surface area contributed by atoms with Gasteiger partial charge in [-0.05, 0) is 41.7 Å². The van der Waals surface area contributed by atoms with Crippen LogP contribution in [0.15, 0.2) is 48.5 Å². The van der Waals surface area contributed by atoms with E-state index < -0.39 is 0 Å². The number of carbonyl (C=O) groups excluding carboxylic acids is 2. The topological polar surface area (TPSA) is 55.4 Å². The second-order valence-corrected chi connectivity index (χ2v) is 5.83. The van der Waals surface area contributed by atoms with Crippen molar-refractivity contribution in [2.45, 2.75) is 39.7 Å². The van der Waals surface area contributed by atoms with Crippen molar-refractivity contribution < 1.29 is 14.3 Å². The van der Waals surface area contributed by atoms with Crippen LogP contribution in [0, 0.1) is 0 Å². The maximum absolute atomic E-state index is 12.5. The monoisotopic (exact) mass is 325 g/mol. The van der Waals surface area contributed by atoms with Crippen LogP contribution < -0.4 is 5.32 Å². The summed E-state index contributed by atoms with van der Waals surface area (Å²) >= 11 is 0. The predicted octanol–water partition coefficient (Wildman–Crippen LogP) is 4.52. The summed E-state index contributed by atoms with van der Waals surface area (Å²) in [6, 6.07) is 14.9. The third-order valence-electron chi connectivity index (χ3n) is 4.01. The summed E-state index contributed by atoms with van der Waals surface area (Å²) in [4.78, 5) is 23.3. The molecule has 0 spiro atoms. The molecule has 0 aromatic heterocycles. The number of anilines is 1. The lowest BCUT2D eigenvalue weighted by Gasteiger charge is -2.15. The third kappa shape index (κ3) is 4.69. The SMILES string of the molecule is CC[C@H](C)c1ccccc1NC(=O)c1ccc(COC(C)=O)cc1. The van der Waals surface area contributed by atoms with Gasteiger partial charge in [0.25, 0.3) is 5.91 Å². The summed E-state index contributed by atoms with van der Waals surface area (Å²) in [5.74, 6) is -0.0872. The molecule has 0 aliphatic heterocycles. The zero-order chi connectivity index (χ0) is 17.5. The van der Waals surface area contributed by atoms with E-state index in [9.17, 15) is 9.59 Å². The molecule has 1 amide bonds. The van der Waals surface area contributed by atoms with E-state index in [-0.39, 0.29) is 18.5 Å². The quantitative estimate of drug-likeness (QED) is 0.795. The van der Waals surface area contributed by atoms with Gasteiger partial charge in [0.05, 0.1) is 0 Å². The molecule has 2 aromatic rings. The zero-order valence-corrected chi connectivity index (χ0v) is 14.3. The van der Waals surface area contributed by atoms with Crippen LogP contribution in [0.4, 0.5) is 5.69 Å². The number of para-hydroxylation sites is 1. The molecule has 4 nitrogen and oxygen atoms in total. The molecular weight excluding hydrogens is 302 g/mol. The summed E-state index contributed by atoms with van der Waals surface area (Å²) in [6.07, 6.45) is 1.01. The summed E-state index contributed by atoms with van der Waals surface area (Å²) < 4.78 is 4.94. The molecular formula is C20H23NO3. The molecule has 0 aliphatic carbocycles. The van der Waals surface area contributed by atoms with Gasteiger partial charge in [-0.2, -0.15) is 0 Å². The molecule has 0 radical (unpaired) electrons. The maximum Gasteiger partial charge on any atom is 0.302 e. The lowest BCUT2D eigenvalue weighted by molar-refractivity contribution is -0.142. The Hall–Kier alpha value is -2.62. The van der Waals surface area contributed by atoms with Crippen molar-refractivity contribution in [2.75, 3.05) is 5.32 Å². The van der Waals surface area contributed by atoms with Gasteiger partial charge in [-0.25, -0.2) is 0 Å². The van der Waals surface area contributed by atoms with Crippen molar-refractivity contribution in [3.05, 3.63) is 65.2 Å². The second-order valence-electron chi connectivity index (χ2n) is 5.83. The first-order chi connectivity index (χ1) is 11.5. The smallest absolute Gasteiger partial charge is 0.302 e. The highest BCUT2D eigenvalue weighted by molar-refractivity contribution is 6.04. The predicted molar refractivity (Wildman–Crippen MR) is 95.0 cm³/mol. The Morgan fingerprint density at radius 3 is 2.38 bits per heavy atom. The standard InChI is InChI=1S/C20H23NO3/c1-4-14(2)18-7-5-6-8-19(18)21-20(23)17-11-9-16(10-12-17)13-24-15(3)22/h5-12,14H,4,13H2,1-3H3,(H,21,23)/t14-/m0/s1. The Morgan fingerprint density at radius 1 is 1.08 bits per heavy atom. The Morgan fingerprint density at radius 2 is 1.75 bits per heavy atom. The van der Waals surface area contributed by atoms with E-state index in [2.05, 4.69) is 19.2 Å². The van der Waals surface area contributed by atoms with Gasteiger partial charge in [0, 0.05) is 18.2 Å². The number of esters is 1. The Bertz CT molecular complexity index is 707. The van der Waals surface area contributed by atoms with E-state index in [4.69, 9.17) is 4.74 Å².